The van der Waals surface area contributed by atoms with Crippen LogP contribution in [0.25, 0.3) is 0 Å². The van der Waals surface area contributed by atoms with Crippen LogP contribution in [0, 0.1) is 0 Å². The van der Waals surface area contributed by atoms with Gasteiger partial charge in [-0.3, -0.25) is 0 Å². The van der Waals surface area contributed by atoms with E-state index in [1.165, 1.54) is 0 Å². The Kier molecular flexibility index (Phi) is 1.50. The molecule has 2 aliphatic heterocycles. The third kappa shape index (κ3) is 0.942. The van der Waals surface area contributed by atoms with E-state index in [4.69, 9.17) is 9.47 Å². The van der Waals surface area contributed by atoms with E-state index in [0.717, 1.165) is 5.56 Å². The summed E-state index contributed by atoms with van der Waals surface area (Å²) in [6.07, 6.45) is 0. The first-order valence-electron chi connectivity index (χ1n) is 3.65. The highest BCUT2D eigenvalue weighted by molar-refractivity contribution is 5.93. The van der Waals surface area contributed by atoms with Gasteiger partial charge in [-0.15, -0.1) is 0 Å². The molecule has 0 amide bonds. The lowest BCUT2D eigenvalue weighted by Gasteiger charge is -2.01. The minimum Gasteiger partial charge on any atom is -0.496 e. The van der Waals surface area contributed by atoms with E-state index >= 15 is 0 Å². The summed E-state index contributed by atoms with van der Waals surface area (Å²) in [6, 6.07) is 5.41. The Morgan fingerprint density at radius 3 is 3.08 bits per heavy atom. The number of hydrogen-bond acceptors (Lipinski definition) is 3. The van der Waals surface area contributed by atoms with Crippen LogP contribution < -0.4 is 4.74 Å². The molecule has 0 spiro atoms. The fourth-order valence-electron chi connectivity index (χ4n) is 1.22. The standard InChI is InChI=1S/C9H8O3/c1-11-8-4-6-2-3-7(8)9(10)12-5-6/h2-4H,5H2,1H3. The van der Waals surface area contributed by atoms with Crippen LogP contribution in [-0.4, -0.2) is 13.1 Å². The van der Waals surface area contributed by atoms with Gasteiger partial charge >= 0.3 is 5.97 Å². The van der Waals surface area contributed by atoms with Crippen molar-refractivity contribution in [2.45, 2.75) is 6.61 Å². The highest BCUT2D eigenvalue weighted by atomic mass is 16.5. The van der Waals surface area contributed by atoms with Crippen molar-refractivity contribution >= 4 is 5.97 Å². The smallest absolute Gasteiger partial charge is 0.342 e. The molecule has 12 heavy (non-hydrogen) atoms. The molecule has 2 bridgehead atoms. The molecule has 1 aromatic carbocycles. The predicted octanol–water partition coefficient (Wildman–Crippen LogP) is 1.37. The Bertz CT molecular complexity index is 331. The molecule has 3 heteroatoms. The Hall–Kier alpha value is -1.51. The lowest BCUT2D eigenvalue weighted by Crippen LogP contribution is -2.01. The van der Waals surface area contributed by atoms with E-state index < -0.39 is 0 Å². The van der Waals surface area contributed by atoms with Crippen molar-refractivity contribution in [3.8, 4) is 5.75 Å². The van der Waals surface area contributed by atoms with Crippen molar-refractivity contribution in [3.05, 3.63) is 29.3 Å². The van der Waals surface area contributed by atoms with Crippen LogP contribution in [0.15, 0.2) is 18.2 Å². The fraction of sp³-hybridized carbons (Fsp3) is 0.222. The number of esters is 1. The number of ether oxygens (including phenoxy) is 2. The summed E-state index contributed by atoms with van der Waals surface area (Å²) in [6.45, 7) is 0.339. The SMILES string of the molecule is COc1cc2ccc1C(=O)OC2. The second-order valence-corrected chi connectivity index (χ2v) is 2.61. The van der Waals surface area contributed by atoms with Gasteiger partial charge in [0.15, 0.2) is 0 Å². The number of methoxy groups -OCH3 is 1. The molecule has 0 saturated carbocycles. The zero-order valence-corrected chi connectivity index (χ0v) is 6.66. The maximum Gasteiger partial charge on any atom is 0.342 e. The van der Waals surface area contributed by atoms with Crippen molar-refractivity contribution in [2.24, 2.45) is 0 Å². The van der Waals surface area contributed by atoms with Crippen molar-refractivity contribution in [2.75, 3.05) is 7.11 Å². The lowest BCUT2D eigenvalue weighted by atomic mass is 10.1. The summed E-state index contributed by atoms with van der Waals surface area (Å²) < 4.78 is 9.94. The lowest BCUT2D eigenvalue weighted by molar-refractivity contribution is 0.0479. The van der Waals surface area contributed by atoms with E-state index in [9.17, 15) is 4.79 Å². The molecule has 0 atom stereocenters. The summed E-state index contributed by atoms with van der Waals surface area (Å²) >= 11 is 0. The third-order valence-corrected chi connectivity index (χ3v) is 1.86. The average molecular weight is 164 g/mol. The maximum atomic E-state index is 11.2. The minimum absolute atomic E-state index is 0.313. The quantitative estimate of drug-likeness (QED) is 0.588. The van der Waals surface area contributed by atoms with Crippen molar-refractivity contribution in [1.82, 2.24) is 0 Å². The van der Waals surface area contributed by atoms with E-state index in [-0.39, 0.29) is 5.97 Å². The van der Waals surface area contributed by atoms with Gasteiger partial charge in [-0.05, 0) is 17.7 Å². The van der Waals surface area contributed by atoms with E-state index in [2.05, 4.69) is 0 Å². The summed E-state index contributed by atoms with van der Waals surface area (Å²) in [5.74, 6) is 0.279. The van der Waals surface area contributed by atoms with Gasteiger partial charge in [0.05, 0.1) is 7.11 Å². The number of hydrogen-bond donors (Lipinski definition) is 0. The van der Waals surface area contributed by atoms with Crippen LogP contribution in [-0.2, 0) is 11.3 Å². The average Bonchev–Trinajstić information content (AvgIpc) is 2.37. The number of carbonyl (C=O) groups excluding carboxylic acids is 1. The third-order valence-electron chi connectivity index (χ3n) is 1.86. The van der Waals surface area contributed by atoms with Crippen molar-refractivity contribution < 1.29 is 14.3 Å². The van der Waals surface area contributed by atoms with Crippen LogP contribution >= 0.6 is 0 Å². The van der Waals surface area contributed by atoms with Gasteiger partial charge in [0.1, 0.15) is 17.9 Å². The molecule has 1 aromatic rings. The van der Waals surface area contributed by atoms with Gasteiger partial charge in [0.2, 0.25) is 0 Å². The second-order valence-electron chi connectivity index (χ2n) is 2.61. The Balaban J connectivity index is 2.59. The van der Waals surface area contributed by atoms with Gasteiger partial charge in [0.25, 0.3) is 0 Å². The van der Waals surface area contributed by atoms with Crippen molar-refractivity contribution in [3.63, 3.8) is 0 Å². The van der Waals surface area contributed by atoms with Gasteiger partial charge in [-0.2, -0.15) is 0 Å². The van der Waals surface area contributed by atoms with Crippen molar-refractivity contribution in [1.29, 1.82) is 0 Å². The molecule has 0 saturated heterocycles. The monoisotopic (exact) mass is 164 g/mol. The van der Waals surface area contributed by atoms with Crippen LogP contribution in [0.5, 0.6) is 5.75 Å². The van der Waals surface area contributed by atoms with Gasteiger partial charge in [-0.25, -0.2) is 4.79 Å². The molecule has 0 aliphatic carbocycles. The normalized spacial score (nSPS) is 13.9. The summed E-state index contributed by atoms with van der Waals surface area (Å²) in [4.78, 5) is 11.2. The highest BCUT2D eigenvalue weighted by Crippen LogP contribution is 2.25. The molecule has 3 nitrogen and oxygen atoms in total. The first kappa shape index (κ1) is 7.16. The number of benzene rings is 1. The molecule has 0 fully saturated rings. The first-order chi connectivity index (χ1) is 5.81. The fourth-order valence-corrected chi connectivity index (χ4v) is 1.22. The van der Waals surface area contributed by atoms with Crippen LogP contribution in [0.3, 0.4) is 0 Å². The zero-order chi connectivity index (χ0) is 8.55. The van der Waals surface area contributed by atoms with Crippen LogP contribution in [0.4, 0.5) is 0 Å². The molecule has 62 valence electrons. The molecular formula is C9H8O3. The van der Waals surface area contributed by atoms with Gasteiger partial charge in [0, 0.05) is 0 Å². The van der Waals surface area contributed by atoms with Gasteiger partial charge < -0.3 is 9.47 Å². The Morgan fingerprint density at radius 1 is 1.50 bits per heavy atom. The first-order valence-corrected chi connectivity index (χ1v) is 3.65. The topological polar surface area (TPSA) is 35.5 Å². The summed E-state index contributed by atoms with van der Waals surface area (Å²) in [7, 11) is 1.54. The summed E-state index contributed by atoms with van der Waals surface area (Å²) in [5.41, 5.74) is 1.46. The molecule has 3 rings (SSSR count). The second kappa shape index (κ2) is 2.52. The zero-order valence-electron chi connectivity index (χ0n) is 6.66. The van der Waals surface area contributed by atoms with E-state index in [0.29, 0.717) is 17.9 Å². The molecule has 2 aliphatic rings. The van der Waals surface area contributed by atoms with Gasteiger partial charge in [-0.1, -0.05) is 6.07 Å². The van der Waals surface area contributed by atoms with Crippen LogP contribution in [0.1, 0.15) is 15.9 Å². The Morgan fingerprint density at radius 2 is 2.33 bits per heavy atom. The molecule has 0 N–H and O–H groups in total. The number of rotatable bonds is 1. The van der Waals surface area contributed by atoms with E-state index in [1.54, 1.807) is 13.2 Å². The minimum atomic E-state index is -0.313. The summed E-state index contributed by atoms with van der Waals surface area (Å²) in [5, 5.41) is 0. The highest BCUT2D eigenvalue weighted by Gasteiger charge is 2.18. The number of fused-ring (bicyclic) bond motifs is 4. The Labute approximate surface area is 69.9 Å². The van der Waals surface area contributed by atoms with E-state index in [1.807, 2.05) is 12.1 Å². The predicted molar refractivity (Wildman–Crippen MR) is 42.1 cm³/mol. The van der Waals surface area contributed by atoms with Crippen LogP contribution in [0.2, 0.25) is 0 Å². The largest absolute Gasteiger partial charge is 0.496 e. The maximum absolute atomic E-state index is 11.2. The molecule has 0 unspecified atom stereocenters. The molecule has 2 heterocycles. The number of carbonyl (C=O) groups is 1. The molecule has 0 radical (unpaired) electrons. The molecule has 0 aromatic heterocycles. The molecular weight excluding hydrogens is 156 g/mol.